The zero-order valence-corrected chi connectivity index (χ0v) is 8.47. The molecule has 1 aliphatic carbocycles. The number of hydrogen-bond donors (Lipinski definition) is 1. The Bertz CT molecular complexity index is 123. The van der Waals surface area contributed by atoms with Gasteiger partial charge in [-0.2, -0.15) is 0 Å². The third-order valence-electron chi connectivity index (χ3n) is 2.85. The molecule has 1 aliphatic rings. The van der Waals surface area contributed by atoms with Crippen LogP contribution in [0.15, 0.2) is 0 Å². The van der Waals surface area contributed by atoms with Crippen LogP contribution in [0.4, 0.5) is 0 Å². The van der Waals surface area contributed by atoms with Gasteiger partial charge in [0.1, 0.15) is 0 Å². The summed E-state index contributed by atoms with van der Waals surface area (Å²) in [5, 5.41) is 3.39. The second-order valence-corrected chi connectivity index (χ2v) is 3.86. The van der Waals surface area contributed by atoms with E-state index >= 15 is 0 Å². The van der Waals surface area contributed by atoms with Crippen molar-refractivity contribution in [3.05, 3.63) is 0 Å². The van der Waals surface area contributed by atoms with Gasteiger partial charge in [-0.1, -0.05) is 0 Å². The normalized spacial score (nSPS) is 22.2. The van der Waals surface area contributed by atoms with Gasteiger partial charge < -0.3 is 10.1 Å². The first-order valence-electron chi connectivity index (χ1n) is 4.98. The average molecular weight is 171 g/mol. The van der Waals surface area contributed by atoms with Crippen LogP contribution >= 0.6 is 0 Å². The van der Waals surface area contributed by atoms with Crippen molar-refractivity contribution < 1.29 is 4.74 Å². The van der Waals surface area contributed by atoms with Crippen LogP contribution in [-0.4, -0.2) is 26.3 Å². The van der Waals surface area contributed by atoms with Gasteiger partial charge in [-0.15, -0.1) is 0 Å². The molecule has 0 spiro atoms. The predicted molar refractivity (Wildman–Crippen MR) is 51.3 cm³/mol. The summed E-state index contributed by atoms with van der Waals surface area (Å²) in [4.78, 5) is 0. The van der Waals surface area contributed by atoms with E-state index in [4.69, 9.17) is 4.74 Å². The Morgan fingerprint density at radius 3 is 2.50 bits per heavy atom. The number of methoxy groups -OCH3 is 1. The van der Waals surface area contributed by atoms with Crippen molar-refractivity contribution in [1.82, 2.24) is 5.32 Å². The molecule has 1 rings (SSSR count). The lowest BCUT2D eigenvalue weighted by atomic mass is 10.0. The Balaban J connectivity index is 2.10. The van der Waals surface area contributed by atoms with E-state index in [0.717, 1.165) is 12.0 Å². The van der Waals surface area contributed by atoms with Gasteiger partial charge in [-0.3, -0.25) is 0 Å². The van der Waals surface area contributed by atoms with Crippen molar-refractivity contribution in [3.8, 4) is 0 Å². The lowest BCUT2D eigenvalue weighted by Gasteiger charge is -2.17. The fraction of sp³-hybridized carbons (Fsp3) is 1.00. The highest BCUT2D eigenvalue weighted by Crippen LogP contribution is 2.34. The lowest BCUT2D eigenvalue weighted by molar-refractivity contribution is 0.105. The van der Waals surface area contributed by atoms with E-state index in [1.165, 1.54) is 25.7 Å². The number of rotatable bonds is 6. The van der Waals surface area contributed by atoms with Gasteiger partial charge in [-0.05, 0) is 45.6 Å². The van der Waals surface area contributed by atoms with Gasteiger partial charge in [0, 0.05) is 13.2 Å². The summed E-state index contributed by atoms with van der Waals surface area (Å²) in [6.45, 7) is 2.14. The number of hydrogen-bond acceptors (Lipinski definition) is 2. The average Bonchev–Trinajstić information content (AvgIpc) is 2.89. The van der Waals surface area contributed by atoms with E-state index < -0.39 is 0 Å². The SMILES string of the molecule is CNC(CCC(C)OC)C1CC1. The molecule has 12 heavy (non-hydrogen) atoms. The molecular weight excluding hydrogens is 150 g/mol. The van der Waals surface area contributed by atoms with Crippen LogP contribution in [0, 0.1) is 5.92 Å². The maximum absolute atomic E-state index is 5.22. The molecule has 1 saturated carbocycles. The van der Waals surface area contributed by atoms with E-state index in [1.807, 2.05) is 0 Å². The van der Waals surface area contributed by atoms with Crippen LogP contribution in [0.25, 0.3) is 0 Å². The molecule has 72 valence electrons. The molecule has 0 heterocycles. The Kier molecular flexibility index (Phi) is 4.02. The zero-order chi connectivity index (χ0) is 8.97. The molecule has 0 amide bonds. The quantitative estimate of drug-likeness (QED) is 0.658. The first-order chi connectivity index (χ1) is 5.77. The summed E-state index contributed by atoms with van der Waals surface area (Å²) in [6.07, 6.45) is 5.70. The first-order valence-corrected chi connectivity index (χ1v) is 4.98. The van der Waals surface area contributed by atoms with E-state index in [1.54, 1.807) is 7.11 Å². The van der Waals surface area contributed by atoms with Crippen molar-refractivity contribution in [2.75, 3.05) is 14.2 Å². The highest BCUT2D eigenvalue weighted by atomic mass is 16.5. The molecule has 0 aromatic rings. The summed E-state index contributed by atoms with van der Waals surface area (Å²) in [5.41, 5.74) is 0. The molecule has 0 aromatic carbocycles. The van der Waals surface area contributed by atoms with Gasteiger partial charge >= 0.3 is 0 Å². The van der Waals surface area contributed by atoms with Gasteiger partial charge in [0.15, 0.2) is 0 Å². The van der Waals surface area contributed by atoms with Crippen LogP contribution in [-0.2, 0) is 4.74 Å². The third kappa shape index (κ3) is 3.11. The second-order valence-electron chi connectivity index (χ2n) is 3.86. The highest BCUT2D eigenvalue weighted by Gasteiger charge is 2.29. The molecule has 2 heteroatoms. The van der Waals surface area contributed by atoms with Crippen LogP contribution in [0.2, 0.25) is 0 Å². The minimum Gasteiger partial charge on any atom is -0.382 e. The fourth-order valence-electron chi connectivity index (χ4n) is 1.65. The van der Waals surface area contributed by atoms with Crippen molar-refractivity contribution in [1.29, 1.82) is 0 Å². The number of ether oxygens (including phenoxy) is 1. The maximum Gasteiger partial charge on any atom is 0.0543 e. The Morgan fingerprint density at radius 2 is 2.08 bits per heavy atom. The molecule has 2 unspecified atom stereocenters. The van der Waals surface area contributed by atoms with Crippen molar-refractivity contribution in [2.24, 2.45) is 5.92 Å². The van der Waals surface area contributed by atoms with Gasteiger partial charge in [-0.25, -0.2) is 0 Å². The molecule has 0 bridgehead atoms. The van der Waals surface area contributed by atoms with Crippen LogP contribution in [0.1, 0.15) is 32.6 Å². The van der Waals surface area contributed by atoms with Crippen LogP contribution < -0.4 is 5.32 Å². The Hall–Kier alpha value is -0.0800. The van der Waals surface area contributed by atoms with Gasteiger partial charge in [0.2, 0.25) is 0 Å². The zero-order valence-electron chi connectivity index (χ0n) is 8.47. The van der Waals surface area contributed by atoms with E-state index in [2.05, 4.69) is 19.3 Å². The molecular formula is C10H21NO. The number of nitrogens with one attached hydrogen (secondary N) is 1. The summed E-state index contributed by atoms with van der Waals surface area (Å²) >= 11 is 0. The molecule has 0 radical (unpaired) electrons. The molecule has 1 fully saturated rings. The summed E-state index contributed by atoms with van der Waals surface area (Å²) in [6, 6.07) is 0.739. The maximum atomic E-state index is 5.22. The van der Waals surface area contributed by atoms with Gasteiger partial charge in [0.25, 0.3) is 0 Å². The minimum absolute atomic E-state index is 0.416. The Morgan fingerprint density at radius 1 is 1.42 bits per heavy atom. The topological polar surface area (TPSA) is 21.3 Å². The molecule has 0 saturated heterocycles. The van der Waals surface area contributed by atoms with Crippen LogP contribution in [0.3, 0.4) is 0 Å². The van der Waals surface area contributed by atoms with Crippen LogP contribution in [0.5, 0.6) is 0 Å². The largest absolute Gasteiger partial charge is 0.382 e. The van der Waals surface area contributed by atoms with E-state index in [-0.39, 0.29) is 0 Å². The third-order valence-corrected chi connectivity index (χ3v) is 2.85. The lowest BCUT2D eigenvalue weighted by Crippen LogP contribution is -2.28. The summed E-state index contributed by atoms with van der Waals surface area (Å²) < 4.78 is 5.22. The molecule has 0 aromatic heterocycles. The predicted octanol–water partition coefficient (Wildman–Crippen LogP) is 1.80. The fourth-order valence-corrected chi connectivity index (χ4v) is 1.65. The monoisotopic (exact) mass is 171 g/mol. The highest BCUT2D eigenvalue weighted by molar-refractivity contribution is 4.85. The Labute approximate surface area is 75.7 Å². The second kappa shape index (κ2) is 4.83. The summed E-state index contributed by atoms with van der Waals surface area (Å²) in [7, 11) is 3.86. The van der Waals surface area contributed by atoms with E-state index in [0.29, 0.717) is 6.10 Å². The van der Waals surface area contributed by atoms with Crippen molar-refractivity contribution >= 4 is 0 Å². The minimum atomic E-state index is 0.416. The summed E-state index contributed by atoms with van der Waals surface area (Å²) in [5.74, 6) is 0.957. The first kappa shape index (κ1) is 10.0. The van der Waals surface area contributed by atoms with Crippen molar-refractivity contribution in [2.45, 2.75) is 44.8 Å². The standard InChI is InChI=1S/C10H21NO/c1-8(12-3)4-7-10(11-2)9-5-6-9/h8-11H,4-7H2,1-3H3. The molecule has 1 N–H and O–H groups in total. The van der Waals surface area contributed by atoms with E-state index in [9.17, 15) is 0 Å². The van der Waals surface area contributed by atoms with Crippen molar-refractivity contribution in [3.63, 3.8) is 0 Å². The smallest absolute Gasteiger partial charge is 0.0543 e. The molecule has 0 aliphatic heterocycles. The van der Waals surface area contributed by atoms with Gasteiger partial charge in [0.05, 0.1) is 6.10 Å². The molecule has 2 nitrogen and oxygen atoms in total. The molecule has 2 atom stereocenters.